The lowest BCUT2D eigenvalue weighted by atomic mass is 10.3. The van der Waals surface area contributed by atoms with Gasteiger partial charge in [-0.25, -0.2) is 13.1 Å². The van der Waals surface area contributed by atoms with Gasteiger partial charge in [0.2, 0.25) is 10.0 Å². The molecule has 0 unspecified atom stereocenters. The Labute approximate surface area is 107 Å². The second-order valence-corrected chi connectivity index (χ2v) is 5.21. The van der Waals surface area contributed by atoms with Gasteiger partial charge in [-0.1, -0.05) is 0 Å². The van der Waals surface area contributed by atoms with Gasteiger partial charge in [0.05, 0.1) is 12.8 Å². The molecule has 0 spiro atoms. The van der Waals surface area contributed by atoms with E-state index in [2.05, 4.69) is 16.6 Å². The maximum absolute atomic E-state index is 11.9. The number of hydrogen-bond donors (Lipinski definition) is 2. The van der Waals surface area contributed by atoms with E-state index in [4.69, 9.17) is 10.5 Å². The first-order valence-electron chi connectivity index (χ1n) is 5.34. The van der Waals surface area contributed by atoms with Crippen LogP contribution < -0.4 is 15.2 Å². The Morgan fingerprint density at radius 1 is 1.44 bits per heavy atom. The molecule has 1 rings (SSSR count). The highest BCUT2D eigenvalue weighted by molar-refractivity contribution is 7.89. The number of ether oxygens (including phenoxy) is 1. The minimum absolute atomic E-state index is 0.0488. The van der Waals surface area contributed by atoms with Crippen molar-refractivity contribution in [2.75, 3.05) is 19.4 Å². The Hall–Kier alpha value is -1.71. The Balaban J connectivity index is 2.87. The minimum atomic E-state index is -3.59. The first kappa shape index (κ1) is 14.4. The van der Waals surface area contributed by atoms with E-state index in [1.807, 2.05) is 0 Å². The summed E-state index contributed by atoms with van der Waals surface area (Å²) < 4.78 is 31.3. The van der Waals surface area contributed by atoms with Crippen LogP contribution in [0.4, 0.5) is 5.69 Å². The quantitative estimate of drug-likeness (QED) is 0.473. The number of rotatable bonds is 5. The average Bonchev–Trinajstić information content (AvgIpc) is 2.34. The normalized spacial score (nSPS) is 10.6. The van der Waals surface area contributed by atoms with E-state index < -0.39 is 10.0 Å². The third-order valence-corrected chi connectivity index (χ3v) is 3.76. The molecule has 6 heteroatoms. The van der Waals surface area contributed by atoms with Crippen molar-refractivity contribution >= 4 is 15.7 Å². The highest BCUT2D eigenvalue weighted by Gasteiger charge is 2.16. The summed E-state index contributed by atoms with van der Waals surface area (Å²) in [6, 6.07) is 4.44. The van der Waals surface area contributed by atoms with Gasteiger partial charge >= 0.3 is 0 Å². The van der Waals surface area contributed by atoms with Crippen LogP contribution in [0, 0.1) is 11.8 Å². The van der Waals surface area contributed by atoms with Crippen molar-refractivity contribution in [3.63, 3.8) is 0 Å². The molecule has 0 aliphatic carbocycles. The zero-order valence-corrected chi connectivity index (χ0v) is 11.2. The second-order valence-electron chi connectivity index (χ2n) is 3.48. The molecule has 0 saturated carbocycles. The van der Waals surface area contributed by atoms with E-state index in [1.54, 1.807) is 13.0 Å². The van der Waals surface area contributed by atoms with E-state index in [9.17, 15) is 8.42 Å². The first-order chi connectivity index (χ1) is 8.51. The lowest BCUT2D eigenvalue weighted by Gasteiger charge is -2.09. The number of sulfonamides is 1. The summed E-state index contributed by atoms with van der Waals surface area (Å²) in [5.41, 5.74) is 5.84. The van der Waals surface area contributed by atoms with Crippen molar-refractivity contribution in [2.45, 2.75) is 18.2 Å². The van der Waals surface area contributed by atoms with Gasteiger partial charge in [-0.05, 0) is 19.1 Å². The third-order valence-electron chi connectivity index (χ3n) is 2.23. The Bertz CT molecular complexity index is 571. The third kappa shape index (κ3) is 3.65. The van der Waals surface area contributed by atoms with E-state index in [-0.39, 0.29) is 17.1 Å². The molecule has 18 heavy (non-hydrogen) atoms. The highest BCUT2D eigenvalue weighted by Crippen LogP contribution is 2.23. The van der Waals surface area contributed by atoms with Gasteiger partial charge < -0.3 is 10.5 Å². The molecule has 1 aromatic carbocycles. The summed E-state index contributed by atoms with van der Waals surface area (Å²) in [6.45, 7) is 1.96. The van der Waals surface area contributed by atoms with Gasteiger partial charge in [0.15, 0.2) is 0 Å². The molecule has 0 amide bonds. The Morgan fingerprint density at radius 3 is 2.72 bits per heavy atom. The van der Waals surface area contributed by atoms with Gasteiger partial charge in [-0.2, -0.15) is 0 Å². The van der Waals surface area contributed by atoms with Crippen LogP contribution in [0.5, 0.6) is 5.75 Å². The molecule has 5 nitrogen and oxygen atoms in total. The summed E-state index contributed by atoms with van der Waals surface area (Å²) in [6.07, 6.45) is 0.464. The maximum atomic E-state index is 11.9. The number of anilines is 1. The van der Waals surface area contributed by atoms with Gasteiger partial charge in [0.1, 0.15) is 10.6 Å². The summed E-state index contributed by atoms with van der Waals surface area (Å²) in [5.74, 6) is 5.99. The van der Waals surface area contributed by atoms with Crippen LogP contribution in [0.2, 0.25) is 0 Å². The molecule has 98 valence electrons. The van der Waals surface area contributed by atoms with Crippen LogP contribution in [0.25, 0.3) is 0 Å². The monoisotopic (exact) mass is 268 g/mol. The number of nitrogens with one attached hydrogen (secondary N) is 1. The molecule has 0 bridgehead atoms. The number of nitrogens with two attached hydrogens (primary N) is 1. The fourth-order valence-electron chi connectivity index (χ4n) is 1.35. The molecule has 0 aliphatic heterocycles. The largest absolute Gasteiger partial charge is 0.497 e. The lowest BCUT2D eigenvalue weighted by molar-refractivity contribution is 0.414. The number of hydrogen-bond acceptors (Lipinski definition) is 4. The Morgan fingerprint density at radius 2 is 2.17 bits per heavy atom. The van der Waals surface area contributed by atoms with Gasteiger partial charge in [0, 0.05) is 19.0 Å². The van der Waals surface area contributed by atoms with Crippen LogP contribution in [-0.4, -0.2) is 22.1 Å². The van der Waals surface area contributed by atoms with Crippen LogP contribution in [0.1, 0.15) is 13.3 Å². The number of benzene rings is 1. The predicted octanol–water partition coefficient (Wildman–Crippen LogP) is 0.969. The van der Waals surface area contributed by atoms with Crippen molar-refractivity contribution in [1.82, 2.24) is 4.72 Å². The molecular weight excluding hydrogens is 252 g/mol. The summed E-state index contributed by atoms with van der Waals surface area (Å²) in [5, 5.41) is 0. The molecule has 3 N–H and O–H groups in total. The Kier molecular flexibility index (Phi) is 5.01. The standard InChI is InChI=1S/C12H16N2O3S/c1-3-4-5-8-14-18(15,16)12-7-6-10(17-2)9-11(12)13/h6-7,9,14H,5,8,13H2,1-2H3. The van der Waals surface area contributed by atoms with Crippen molar-refractivity contribution in [3.05, 3.63) is 18.2 Å². The molecule has 0 saturated heterocycles. The summed E-state index contributed by atoms with van der Waals surface area (Å²) >= 11 is 0. The fraction of sp³-hybridized carbons (Fsp3) is 0.333. The molecule has 1 aromatic rings. The molecule has 0 fully saturated rings. The van der Waals surface area contributed by atoms with Crippen molar-refractivity contribution in [3.8, 4) is 17.6 Å². The molecular formula is C12H16N2O3S. The van der Waals surface area contributed by atoms with Gasteiger partial charge in [-0.3, -0.25) is 0 Å². The highest BCUT2D eigenvalue weighted by atomic mass is 32.2. The molecule has 0 atom stereocenters. The molecule has 0 radical (unpaired) electrons. The fourth-order valence-corrected chi connectivity index (χ4v) is 2.49. The molecule has 0 aliphatic rings. The predicted molar refractivity (Wildman–Crippen MR) is 70.7 cm³/mol. The zero-order valence-electron chi connectivity index (χ0n) is 10.4. The number of methoxy groups -OCH3 is 1. The van der Waals surface area contributed by atoms with E-state index in [0.717, 1.165) is 0 Å². The average molecular weight is 268 g/mol. The van der Waals surface area contributed by atoms with Crippen LogP contribution >= 0.6 is 0 Å². The van der Waals surface area contributed by atoms with Gasteiger partial charge in [-0.15, -0.1) is 11.8 Å². The van der Waals surface area contributed by atoms with Crippen LogP contribution in [-0.2, 0) is 10.0 Å². The van der Waals surface area contributed by atoms with E-state index >= 15 is 0 Å². The van der Waals surface area contributed by atoms with E-state index in [0.29, 0.717) is 12.2 Å². The van der Waals surface area contributed by atoms with Crippen LogP contribution in [0.3, 0.4) is 0 Å². The van der Waals surface area contributed by atoms with E-state index in [1.165, 1.54) is 19.2 Å². The second kappa shape index (κ2) is 6.28. The SMILES string of the molecule is CC#CCCNS(=O)(=O)c1ccc(OC)cc1N. The summed E-state index contributed by atoms with van der Waals surface area (Å²) in [4.78, 5) is 0.0488. The maximum Gasteiger partial charge on any atom is 0.242 e. The number of nitrogen functional groups attached to an aromatic ring is 1. The molecule has 0 aromatic heterocycles. The first-order valence-corrected chi connectivity index (χ1v) is 6.82. The zero-order chi connectivity index (χ0) is 13.6. The summed E-state index contributed by atoms with van der Waals surface area (Å²) in [7, 11) is -2.10. The topological polar surface area (TPSA) is 81.4 Å². The van der Waals surface area contributed by atoms with Crippen molar-refractivity contribution < 1.29 is 13.2 Å². The van der Waals surface area contributed by atoms with Crippen molar-refractivity contribution in [1.29, 1.82) is 0 Å². The van der Waals surface area contributed by atoms with Crippen LogP contribution in [0.15, 0.2) is 23.1 Å². The minimum Gasteiger partial charge on any atom is -0.497 e. The molecule has 0 heterocycles. The smallest absolute Gasteiger partial charge is 0.242 e. The van der Waals surface area contributed by atoms with Gasteiger partial charge in [0.25, 0.3) is 0 Å². The lowest BCUT2D eigenvalue weighted by Crippen LogP contribution is -2.25. The van der Waals surface area contributed by atoms with Crippen molar-refractivity contribution in [2.24, 2.45) is 0 Å².